The van der Waals surface area contributed by atoms with E-state index in [0.717, 1.165) is 29.0 Å². The van der Waals surface area contributed by atoms with Gasteiger partial charge in [-0.3, -0.25) is 4.79 Å². The van der Waals surface area contributed by atoms with Crippen molar-refractivity contribution in [2.24, 2.45) is 0 Å². The number of hydrogen-bond donors (Lipinski definition) is 1. The van der Waals surface area contributed by atoms with E-state index in [0.29, 0.717) is 12.5 Å². The first-order valence-electron chi connectivity index (χ1n) is 8.64. The van der Waals surface area contributed by atoms with Gasteiger partial charge in [-0.15, -0.1) is 0 Å². The van der Waals surface area contributed by atoms with Crippen molar-refractivity contribution in [3.05, 3.63) is 58.7 Å². The molecule has 0 saturated heterocycles. The molecule has 1 N–H and O–H groups in total. The fraction of sp³-hybridized carbons (Fsp3) is 0.381. The molecule has 0 fully saturated rings. The lowest BCUT2D eigenvalue weighted by Gasteiger charge is -2.16. The molecule has 2 aromatic rings. The number of rotatable bonds is 6. The fourth-order valence-electron chi connectivity index (χ4n) is 2.62. The van der Waals surface area contributed by atoms with Crippen LogP contribution in [0.1, 0.15) is 48.9 Å². The fourth-order valence-corrected chi connectivity index (χ4v) is 2.84. The highest BCUT2D eigenvalue weighted by Gasteiger charge is 2.11. The first kappa shape index (κ1) is 19.4. The Kier molecular flexibility index (Phi) is 6.94. The number of anilines is 1. The van der Waals surface area contributed by atoms with Crippen LogP contribution in [0.3, 0.4) is 0 Å². The number of benzene rings is 2. The second-order valence-corrected chi connectivity index (χ2v) is 7.21. The van der Waals surface area contributed by atoms with Gasteiger partial charge in [0.05, 0.1) is 0 Å². The molecule has 1 amide bonds. The molecule has 0 atom stereocenters. The van der Waals surface area contributed by atoms with Crippen molar-refractivity contribution < 1.29 is 9.53 Å². The molecule has 0 spiro atoms. The van der Waals surface area contributed by atoms with Crippen LogP contribution in [0.25, 0.3) is 0 Å². The molecule has 2 rings (SSSR count). The van der Waals surface area contributed by atoms with Crippen LogP contribution >= 0.6 is 11.8 Å². The Hall–Kier alpha value is -1.94. The first-order chi connectivity index (χ1) is 11.9. The van der Waals surface area contributed by atoms with Crippen LogP contribution in [0.2, 0.25) is 0 Å². The van der Waals surface area contributed by atoms with Gasteiger partial charge in [-0.2, -0.15) is 0 Å². The maximum atomic E-state index is 11.8. The van der Waals surface area contributed by atoms with Gasteiger partial charge in [0.1, 0.15) is 12.4 Å². The summed E-state index contributed by atoms with van der Waals surface area (Å²) in [5.41, 5.74) is 5.48. The Balaban J connectivity index is 2.23. The van der Waals surface area contributed by atoms with Gasteiger partial charge in [0.25, 0.3) is 5.24 Å². The molecule has 0 heterocycles. The molecule has 3 nitrogen and oxygen atoms in total. The number of aryl methyl sites for hydroxylation is 2. The van der Waals surface area contributed by atoms with Crippen LogP contribution in [0.4, 0.5) is 10.5 Å². The lowest BCUT2D eigenvalue weighted by atomic mass is 10.00. The van der Waals surface area contributed by atoms with Crippen LogP contribution in [-0.2, 0) is 13.0 Å². The maximum absolute atomic E-state index is 11.8. The number of amides is 1. The highest BCUT2D eigenvalue weighted by Crippen LogP contribution is 2.26. The molecular weight excluding hydrogens is 330 g/mol. The Bertz CT molecular complexity index is 741. The van der Waals surface area contributed by atoms with Crippen LogP contribution in [0.15, 0.2) is 36.4 Å². The predicted octanol–water partition coefficient (Wildman–Crippen LogP) is 6.15. The summed E-state index contributed by atoms with van der Waals surface area (Å²) in [7, 11) is 0. The molecule has 0 saturated carbocycles. The Morgan fingerprint density at radius 3 is 2.56 bits per heavy atom. The van der Waals surface area contributed by atoms with Crippen molar-refractivity contribution in [1.29, 1.82) is 0 Å². The van der Waals surface area contributed by atoms with Crippen molar-refractivity contribution in [3.8, 4) is 5.75 Å². The van der Waals surface area contributed by atoms with Gasteiger partial charge < -0.3 is 10.1 Å². The van der Waals surface area contributed by atoms with E-state index >= 15 is 0 Å². The van der Waals surface area contributed by atoms with Crippen molar-refractivity contribution in [1.82, 2.24) is 0 Å². The zero-order chi connectivity index (χ0) is 18.4. The van der Waals surface area contributed by atoms with Crippen LogP contribution in [0.5, 0.6) is 5.75 Å². The number of ether oxygens (including phenoxy) is 1. The zero-order valence-corrected chi connectivity index (χ0v) is 16.5. The van der Waals surface area contributed by atoms with E-state index in [1.807, 2.05) is 12.1 Å². The molecule has 25 heavy (non-hydrogen) atoms. The van der Waals surface area contributed by atoms with Gasteiger partial charge >= 0.3 is 0 Å². The largest absolute Gasteiger partial charge is 0.489 e. The van der Waals surface area contributed by atoms with Crippen molar-refractivity contribution >= 4 is 22.7 Å². The Labute approximate surface area is 155 Å². The molecule has 2 aromatic carbocycles. The van der Waals surface area contributed by atoms with Gasteiger partial charge in [0.2, 0.25) is 0 Å². The second-order valence-electron chi connectivity index (χ2n) is 6.43. The normalized spacial score (nSPS) is 10.8. The van der Waals surface area contributed by atoms with Crippen molar-refractivity contribution in [2.45, 2.75) is 46.6 Å². The van der Waals surface area contributed by atoms with E-state index in [1.54, 1.807) is 6.26 Å². The van der Waals surface area contributed by atoms with E-state index in [4.69, 9.17) is 4.74 Å². The topological polar surface area (TPSA) is 38.3 Å². The molecule has 4 heteroatoms. The quantitative estimate of drug-likeness (QED) is 0.673. The zero-order valence-electron chi connectivity index (χ0n) is 15.7. The van der Waals surface area contributed by atoms with Gasteiger partial charge in [0.15, 0.2) is 0 Å². The summed E-state index contributed by atoms with van der Waals surface area (Å²) in [5, 5.41) is 2.87. The summed E-state index contributed by atoms with van der Waals surface area (Å²) in [5.74, 6) is 1.31. The van der Waals surface area contributed by atoms with Gasteiger partial charge in [-0.1, -0.05) is 56.8 Å². The monoisotopic (exact) mass is 357 g/mol. The van der Waals surface area contributed by atoms with Crippen LogP contribution in [-0.4, -0.2) is 11.5 Å². The van der Waals surface area contributed by atoms with E-state index in [2.05, 4.69) is 57.3 Å². The minimum atomic E-state index is -0.0676. The van der Waals surface area contributed by atoms with Crippen LogP contribution < -0.4 is 10.1 Å². The summed E-state index contributed by atoms with van der Waals surface area (Å²) in [6.45, 7) is 8.96. The molecule has 0 bridgehead atoms. The number of nitrogens with one attached hydrogen (secondary N) is 1. The molecule has 0 aromatic heterocycles. The third kappa shape index (κ3) is 5.27. The van der Waals surface area contributed by atoms with Gasteiger partial charge in [-0.25, -0.2) is 0 Å². The van der Waals surface area contributed by atoms with E-state index in [-0.39, 0.29) is 5.24 Å². The molecule has 0 radical (unpaired) electrons. The number of hydrogen-bond acceptors (Lipinski definition) is 3. The van der Waals surface area contributed by atoms with Crippen LogP contribution in [0, 0.1) is 6.92 Å². The van der Waals surface area contributed by atoms with Crippen molar-refractivity contribution in [3.63, 3.8) is 0 Å². The summed E-state index contributed by atoms with van der Waals surface area (Å²) >= 11 is 1.17. The highest BCUT2D eigenvalue weighted by molar-refractivity contribution is 8.13. The van der Waals surface area contributed by atoms with Gasteiger partial charge in [-0.05, 0) is 54.3 Å². The third-order valence-electron chi connectivity index (χ3n) is 4.25. The summed E-state index contributed by atoms with van der Waals surface area (Å²) in [6.07, 6.45) is 2.79. The SMILES string of the molecule is CCc1ccc(OCc2cc(C(C)C)ccc2NC(=O)SC)c(C)c1. The summed E-state index contributed by atoms with van der Waals surface area (Å²) in [4.78, 5) is 11.8. The second kappa shape index (κ2) is 8.95. The average molecular weight is 358 g/mol. The minimum absolute atomic E-state index is 0.0676. The van der Waals surface area contributed by atoms with Gasteiger partial charge in [0, 0.05) is 11.3 Å². The Morgan fingerprint density at radius 2 is 1.96 bits per heavy atom. The number of thioether (sulfide) groups is 1. The Morgan fingerprint density at radius 1 is 1.20 bits per heavy atom. The molecule has 0 aliphatic carbocycles. The first-order valence-corrected chi connectivity index (χ1v) is 9.87. The maximum Gasteiger partial charge on any atom is 0.283 e. The van der Waals surface area contributed by atoms with E-state index in [1.165, 1.54) is 22.9 Å². The lowest BCUT2D eigenvalue weighted by molar-refractivity contribution is 0.269. The highest BCUT2D eigenvalue weighted by atomic mass is 32.2. The predicted molar refractivity (Wildman–Crippen MR) is 108 cm³/mol. The third-order valence-corrected chi connectivity index (χ3v) is 4.72. The smallest absolute Gasteiger partial charge is 0.283 e. The van der Waals surface area contributed by atoms with Crippen molar-refractivity contribution in [2.75, 3.05) is 11.6 Å². The molecule has 0 unspecified atom stereocenters. The van der Waals surface area contributed by atoms with E-state index < -0.39 is 0 Å². The molecule has 0 aliphatic rings. The minimum Gasteiger partial charge on any atom is -0.489 e. The standard InChI is InChI=1S/C21H27NO2S/c1-6-16-7-10-20(15(4)11-16)24-13-18-12-17(14(2)3)8-9-19(18)22-21(23)25-5/h7-12,14H,6,13H2,1-5H3,(H,22,23). The average Bonchev–Trinajstić information content (AvgIpc) is 2.61. The molecular formula is C21H27NO2S. The molecule has 0 aliphatic heterocycles. The number of carbonyl (C=O) groups excluding carboxylic acids is 1. The summed E-state index contributed by atoms with van der Waals surface area (Å²) < 4.78 is 6.05. The number of carbonyl (C=O) groups is 1. The lowest BCUT2D eigenvalue weighted by Crippen LogP contribution is -2.09. The van der Waals surface area contributed by atoms with E-state index in [9.17, 15) is 4.79 Å². The summed E-state index contributed by atoms with van der Waals surface area (Å²) in [6, 6.07) is 12.4. The molecule has 134 valence electrons.